The highest BCUT2D eigenvalue weighted by atomic mass is 32.2. The van der Waals surface area contributed by atoms with Crippen LogP contribution in [0, 0.1) is 5.82 Å². The van der Waals surface area contributed by atoms with E-state index in [9.17, 15) is 9.18 Å². The van der Waals surface area contributed by atoms with Crippen LogP contribution in [0.3, 0.4) is 0 Å². The number of benzene rings is 2. The van der Waals surface area contributed by atoms with Gasteiger partial charge in [0.05, 0.1) is 5.56 Å². The normalized spacial score (nSPS) is 10.4. The lowest BCUT2D eigenvalue weighted by Gasteiger charge is -2.04. The van der Waals surface area contributed by atoms with Gasteiger partial charge in [-0.2, -0.15) is 11.8 Å². The van der Waals surface area contributed by atoms with Crippen molar-refractivity contribution in [1.29, 1.82) is 0 Å². The van der Waals surface area contributed by atoms with Crippen molar-refractivity contribution >= 4 is 17.7 Å². The molecular weight excluding hydrogens is 263 g/mol. The lowest BCUT2D eigenvalue weighted by molar-refractivity contribution is 0.0697. The Morgan fingerprint density at radius 1 is 1.05 bits per heavy atom. The first-order chi connectivity index (χ1) is 9.16. The maximum absolute atomic E-state index is 13.4. The first-order valence-corrected chi connectivity index (χ1v) is 6.95. The summed E-state index contributed by atoms with van der Waals surface area (Å²) in [5.41, 5.74) is 2.00. The predicted octanol–water partition coefficient (Wildman–Crippen LogP) is 3.96. The molecule has 2 aromatic carbocycles. The molecule has 0 atom stereocenters. The Kier molecular flexibility index (Phi) is 4.58. The number of carboxylic acids is 1. The largest absolute Gasteiger partial charge is 0.478 e. The molecule has 0 saturated carbocycles. The standard InChI is InChI=1S/C15H13FO2S/c16-14-4-2-1-3-13(14)10-19-9-11-5-7-12(8-6-11)15(17)18/h1-8H,9-10H2,(H,17,18). The van der Waals surface area contributed by atoms with Crippen molar-refractivity contribution in [3.05, 3.63) is 71.0 Å². The van der Waals surface area contributed by atoms with E-state index in [1.807, 2.05) is 6.07 Å². The molecule has 0 unspecified atom stereocenters. The van der Waals surface area contributed by atoms with Gasteiger partial charge in [0.25, 0.3) is 0 Å². The van der Waals surface area contributed by atoms with Crippen LogP contribution in [0.4, 0.5) is 4.39 Å². The molecule has 0 radical (unpaired) electrons. The quantitative estimate of drug-likeness (QED) is 0.898. The van der Waals surface area contributed by atoms with Crippen LogP contribution in [0.5, 0.6) is 0 Å². The highest BCUT2D eigenvalue weighted by molar-refractivity contribution is 7.97. The number of halogens is 1. The lowest BCUT2D eigenvalue weighted by atomic mass is 10.1. The summed E-state index contributed by atoms with van der Waals surface area (Å²) in [5, 5.41) is 8.78. The van der Waals surface area contributed by atoms with Crippen LogP contribution < -0.4 is 0 Å². The maximum atomic E-state index is 13.4. The van der Waals surface area contributed by atoms with E-state index in [0.717, 1.165) is 11.3 Å². The lowest BCUT2D eigenvalue weighted by Crippen LogP contribution is -1.95. The van der Waals surface area contributed by atoms with E-state index in [2.05, 4.69) is 0 Å². The van der Waals surface area contributed by atoms with E-state index in [1.165, 1.54) is 6.07 Å². The fourth-order valence-electron chi connectivity index (χ4n) is 1.64. The Balaban J connectivity index is 1.89. The van der Waals surface area contributed by atoms with Crippen molar-refractivity contribution in [2.24, 2.45) is 0 Å². The summed E-state index contributed by atoms with van der Waals surface area (Å²) in [6.45, 7) is 0. The van der Waals surface area contributed by atoms with Crippen molar-refractivity contribution in [2.45, 2.75) is 11.5 Å². The molecule has 0 aliphatic carbocycles. The van der Waals surface area contributed by atoms with Crippen molar-refractivity contribution in [2.75, 3.05) is 0 Å². The van der Waals surface area contributed by atoms with Gasteiger partial charge in [-0.05, 0) is 29.3 Å². The van der Waals surface area contributed by atoms with Gasteiger partial charge in [0.15, 0.2) is 0 Å². The molecule has 2 aromatic rings. The van der Waals surface area contributed by atoms with Crippen LogP contribution in [0.2, 0.25) is 0 Å². The average molecular weight is 276 g/mol. The summed E-state index contributed by atoms with van der Waals surface area (Å²) < 4.78 is 13.4. The zero-order valence-corrected chi connectivity index (χ0v) is 11.0. The van der Waals surface area contributed by atoms with Crippen LogP contribution in [-0.4, -0.2) is 11.1 Å². The van der Waals surface area contributed by atoms with Crippen molar-refractivity contribution in [1.82, 2.24) is 0 Å². The van der Waals surface area contributed by atoms with Crippen molar-refractivity contribution < 1.29 is 14.3 Å². The third-order valence-electron chi connectivity index (χ3n) is 2.69. The van der Waals surface area contributed by atoms with E-state index in [0.29, 0.717) is 11.3 Å². The summed E-state index contributed by atoms with van der Waals surface area (Å²) in [7, 11) is 0. The average Bonchev–Trinajstić information content (AvgIpc) is 2.41. The van der Waals surface area contributed by atoms with Crippen LogP contribution in [-0.2, 0) is 11.5 Å². The second-order valence-corrected chi connectivity index (χ2v) is 5.07. The molecule has 0 amide bonds. The highest BCUT2D eigenvalue weighted by Crippen LogP contribution is 2.19. The Labute approximate surface area is 115 Å². The van der Waals surface area contributed by atoms with Gasteiger partial charge in [-0.3, -0.25) is 0 Å². The summed E-state index contributed by atoms with van der Waals surface area (Å²) in [6, 6.07) is 13.5. The van der Waals surface area contributed by atoms with E-state index < -0.39 is 5.97 Å². The molecule has 2 rings (SSSR count). The second-order valence-electron chi connectivity index (χ2n) is 4.09. The molecule has 2 nitrogen and oxygen atoms in total. The molecule has 98 valence electrons. The smallest absolute Gasteiger partial charge is 0.335 e. The molecule has 0 fully saturated rings. The summed E-state index contributed by atoms with van der Waals surface area (Å²) in [5.74, 6) is 0.225. The van der Waals surface area contributed by atoms with E-state index in [1.54, 1.807) is 48.2 Å². The van der Waals surface area contributed by atoms with Gasteiger partial charge < -0.3 is 5.11 Å². The monoisotopic (exact) mass is 276 g/mol. The summed E-state index contributed by atoms with van der Waals surface area (Å²) in [6.07, 6.45) is 0. The Bertz CT molecular complexity index is 567. The second kappa shape index (κ2) is 6.38. The summed E-state index contributed by atoms with van der Waals surface area (Å²) in [4.78, 5) is 10.7. The van der Waals surface area contributed by atoms with E-state index in [4.69, 9.17) is 5.11 Å². The molecule has 19 heavy (non-hydrogen) atoms. The zero-order valence-electron chi connectivity index (χ0n) is 10.2. The van der Waals surface area contributed by atoms with Crippen LogP contribution >= 0.6 is 11.8 Å². The minimum atomic E-state index is -0.925. The minimum absolute atomic E-state index is 0.184. The van der Waals surface area contributed by atoms with E-state index >= 15 is 0 Å². The number of hydrogen-bond donors (Lipinski definition) is 1. The number of carboxylic acid groups (broad SMARTS) is 1. The molecule has 0 aliphatic heterocycles. The maximum Gasteiger partial charge on any atom is 0.335 e. The first-order valence-electron chi connectivity index (χ1n) is 5.80. The van der Waals surface area contributed by atoms with Crippen molar-refractivity contribution in [3.8, 4) is 0 Å². The number of thioether (sulfide) groups is 1. The van der Waals surface area contributed by atoms with E-state index in [-0.39, 0.29) is 11.4 Å². The highest BCUT2D eigenvalue weighted by Gasteiger charge is 2.03. The summed E-state index contributed by atoms with van der Waals surface area (Å²) >= 11 is 1.60. The van der Waals surface area contributed by atoms with Gasteiger partial charge in [-0.15, -0.1) is 0 Å². The molecule has 4 heteroatoms. The Morgan fingerprint density at radius 3 is 2.37 bits per heavy atom. The molecule has 0 aromatic heterocycles. The zero-order chi connectivity index (χ0) is 13.7. The molecule has 0 aliphatic rings. The molecule has 0 heterocycles. The predicted molar refractivity (Wildman–Crippen MR) is 74.8 cm³/mol. The van der Waals surface area contributed by atoms with Crippen molar-refractivity contribution in [3.63, 3.8) is 0 Å². The van der Waals surface area contributed by atoms with Gasteiger partial charge in [0, 0.05) is 11.5 Å². The van der Waals surface area contributed by atoms with Crippen LogP contribution in [0.25, 0.3) is 0 Å². The Morgan fingerprint density at radius 2 is 1.74 bits per heavy atom. The topological polar surface area (TPSA) is 37.3 Å². The molecule has 1 N–H and O–H groups in total. The SMILES string of the molecule is O=C(O)c1ccc(CSCc2ccccc2F)cc1. The fourth-order valence-corrected chi connectivity index (χ4v) is 2.62. The number of aromatic carboxylic acids is 1. The molecular formula is C15H13FO2S. The number of hydrogen-bond acceptors (Lipinski definition) is 2. The van der Waals surface area contributed by atoms with Gasteiger partial charge in [-0.25, -0.2) is 9.18 Å². The Hall–Kier alpha value is -1.81. The van der Waals surface area contributed by atoms with Crippen LogP contribution in [0.15, 0.2) is 48.5 Å². The van der Waals surface area contributed by atoms with Gasteiger partial charge >= 0.3 is 5.97 Å². The first kappa shape index (κ1) is 13.6. The van der Waals surface area contributed by atoms with Gasteiger partial charge in [0.2, 0.25) is 0 Å². The third-order valence-corrected chi connectivity index (χ3v) is 3.74. The van der Waals surface area contributed by atoms with Crippen LogP contribution in [0.1, 0.15) is 21.5 Å². The molecule has 0 bridgehead atoms. The number of carbonyl (C=O) groups is 1. The third kappa shape index (κ3) is 3.83. The minimum Gasteiger partial charge on any atom is -0.478 e. The molecule has 0 saturated heterocycles. The van der Waals surface area contributed by atoms with Gasteiger partial charge in [-0.1, -0.05) is 30.3 Å². The van der Waals surface area contributed by atoms with Gasteiger partial charge in [0.1, 0.15) is 5.82 Å². The fraction of sp³-hybridized carbons (Fsp3) is 0.133. The number of rotatable bonds is 5. The molecule has 0 spiro atoms.